The second-order valence-corrected chi connectivity index (χ2v) is 5.27. The van der Waals surface area contributed by atoms with E-state index >= 15 is 0 Å². The minimum Gasteiger partial charge on any atom is -0.346 e. The van der Waals surface area contributed by atoms with Gasteiger partial charge in [0.25, 0.3) is 0 Å². The van der Waals surface area contributed by atoms with E-state index in [0.29, 0.717) is 17.7 Å². The molecule has 21 heavy (non-hydrogen) atoms. The van der Waals surface area contributed by atoms with Gasteiger partial charge in [-0.2, -0.15) is 13.2 Å². The minimum atomic E-state index is -4.46. The van der Waals surface area contributed by atoms with Crippen LogP contribution < -0.4 is 11.1 Å². The maximum Gasteiger partial charge on any atom is 0.406 e. The lowest BCUT2D eigenvalue weighted by Gasteiger charge is -2.24. The van der Waals surface area contributed by atoms with Gasteiger partial charge in [-0.15, -0.1) is 0 Å². The van der Waals surface area contributed by atoms with Crippen molar-refractivity contribution in [1.82, 2.24) is 10.2 Å². The maximum atomic E-state index is 12.4. The molecule has 0 unspecified atom stereocenters. The van der Waals surface area contributed by atoms with E-state index in [4.69, 9.17) is 5.73 Å². The highest BCUT2D eigenvalue weighted by atomic mass is 19.4. The standard InChI is InChI=1S/C13H24F3N3O2/c1-4-5-6-19(8-13(14,15)16)10(20)7-18-12(21)11(17)9(2)3/h9,11H,4-8,17H2,1-3H3,(H,18,21)/t11-/m0/s1. The Bertz CT molecular complexity index is 346. The van der Waals surface area contributed by atoms with Gasteiger partial charge in [0, 0.05) is 6.54 Å². The number of hydrogen-bond donors (Lipinski definition) is 2. The van der Waals surface area contributed by atoms with Crippen LogP contribution in [0.15, 0.2) is 0 Å². The summed E-state index contributed by atoms with van der Waals surface area (Å²) in [6.45, 7) is 3.53. The Morgan fingerprint density at radius 1 is 1.29 bits per heavy atom. The predicted octanol–water partition coefficient (Wildman–Crippen LogP) is 1.28. The molecule has 0 aliphatic heterocycles. The highest BCUT2D eigenvalue weighted by molar-refractivity contribution is 5.87. The van der Waals surface area contributed by atoms with E-state index in [1.54, 1.807) is 13.8 Å². The molecule has 0 radical (unpaired) electrons. The van der Waals surface area contributed by atoms with Crippen molar-refractivity contribution in [2.24, 2.45) is 11.7 Å². The normalized spacial score (nSPS) is 13.1. The third-order valence-electron chi connectivity index (χ3n) is 2.94. The first kappa shape index (κ1) is 19.7. The first-order valence-electron chi connectivity index (χ1n) is 6.96. The van der Waals surface area contributed by atoms with Crippen LogP contribution in [-0.4, -0.2) is 48.6 Å². The van der Waals surface area contributed by atoms with E-state index in [-0.39, 0.29) is 12.5 Å². The van der Waals surface area contributed by atoms with Crippen LogP contribution in [0.5, 0.6) is 0 Å². The molecule has 1 atom stereocenters. The van der Waals surface area contributed by atoms with Gasteiger partial charge in [-0.1, -0.05) is 27.2 Å². The Labute approximate surface area is 123 Å². The van der Waals surface area contributed by atoms with Crippen LogP contribution in [0.1, 0.15) is 33.6 Å². The summed E-state index contributed by atoms with van der Waals surface area (Å²) in [4.78, 5) is 24.1. The van der Waals surface area contributed by atoms with Gasteiger partial charge in [0.2, 0.25) is 11.8 Å². The Morgan fingerprint density at radius 3 is 2.29 bits per heavy atom. The molecular formula is C13H24F3N3O2. The number of alkyl halides is 3. The van der Waals surface area contributed by atoms with Gasteiger partial charge in [0.1, 0.15) is 6.54 Å². The number of carbonyl (C=O) groups excluding carboxylic acids is 2. The van der Waals surface area contributed by atoms with Gasteiger partial charge in [-0.25, -0.2) is 0 Å². The summed E-state index contributed by atoms with van der Waals surface area (Å²) in [5, 5.41) is 2.28. The molecule has 0 aromatic rings. The molecule has 5 nitrogen and oxygen atoms in total. The van der Waals surface area contributed by atoms with Gasteiger partial charge in [0.15, 0.2) is 0 Å². The van der Waals surface area contributed by atoms with Gasteiger partial charge in [-0.05, 0) is 12.3 Å². The molecule has 0 heterocycles. The largest absolute Gasteiger partial charge is 0.406 e. The summed E-state index contributed by atoms with van der Waals surface area (Å²) in [7, 11) is 0. The number of unbranched alkanes of at least 4 members (excludes halogenated alkanes) is 1. The van der Waals surface area contributed by atoms with Crippen LogP contribution in [0.25, 0.3) is 0 Å². The van der Waals surface area contributed by atoms with E-state index < -0.39 is 37.1 Å². The van der Waals surface area contributed by atoms with Crippen molar-refractivity contribution in [3.05, 3.63) is 0 Å². The van der Waals surface area contributed by atoms with Crippen LogP contribution in [0, 0.1) is 5.92 Å². The average molecular weight is 311 g/mol. The highest BCUT2D eigenvalue weighted by Gasteiger charge is 2.32. The van der Waals surface area contributed by atoms with Gasteiger partial charge in [-0.3, -0.25) is 9.59 Å². The second-order valence-electron chi connectivity index (χ2n) is 5.27. The van der Waals surface area contributed by atoms with Gasteiger partial charge < -0.3 is 16.0 Å². The molecule has 0 aliphatic rings. The topological polar surface area (TPSA) is 75.4 Å². The summed E-state index contributed by atoms with van der Waals surface area (Å²) in [5.41, 5.74) is 5.59. The average Bonchev–Trinajstić information content (AvgIpc) is 2.37. The lowest BCUT2D eigenvalue weighted by atomic mass is 10.1. The molecule has 2 amide bonds. The number of hydrogen-bond acceptors (Lipinski definition) is 3. The Balaban J connectivity index is 4.50. The summed E-state index contributed by atoms with van der Waals surface area (Å²) < 4.78 is 37.3. The predicted molar refractivity (Wildman–Crippen MR) is 73.4 cm³/mol. The van der Waals surface area contributed by atoms with Crippen molar-refractivity contribution in [1.29, 1.82) is 0 Å². The molecule has 0 rings (SSSR count). The Kier molecular flexibility index (Phi) is 8.31. The molecule has 0 aromatic heterocycles. The molecule has 0 bridgehead atoms. The van der Waals surface area contributed by atoms with Crippen LogP contribution in [0.2, 0.25) is 0 Å². The van der Waals surface area contributed by atoms with Crippen LogP contribution >= 0.6 is 0 Å². The fourth-order valence-electron chi connectivity index (χ4n) is 1.55. The molecule has 0 aromatic carbocycles. The molecule has 0 saturated heterocycles. The van der Waals surface area contributed by atoms with Gasteiger partial charge >= 0.3 is 6.18 Å². The van der Waals surface area contributed by atoms with Crippen LogP contribution in [-0.2, 0) is 9.59 Å². The highest BCUT2D eigenvalue weighted by Crippen LogP contribution is 2.16. The zero-order valence-corrected chi connectivity index (χ0v) is 12.7. The fourth-order valence-corrected chi connectivity index (χ4v) is 1.55. The Morgan fingerprint density at radius 2 is 1.86 bits per heavy atom. The lowest BCUT2D eigenvalue weighted by molar-refractivity contribution is -0.161. The summed E-state index contributed by atoms with van der Waals surface area (Å²) in [5.74, 6) is -1.42. The molecule has 0 aliphatic carbocycles. The number of nitrogens with one attached hydrogen (secondary N) is 1. The van der Waals surface area contributed by atoms with Crippen molar-refractivity contribution in [2.75, 3.05) is 19.6 Å². The van der Waals surface area contributed by atoms with Crippen molar-refractivity contribution in [2.45, 2.75) is 45.8 Å². The quantitative estimate of drug-likeness (QED) is 0.709. The number of nitrogens with two attached hydrogens (primary N) is 1. The number of amides is 2. The first-order valence-corrected chi connectivity index (χ1v) is 6.96. The molecule has 0 spiro atoms. The molecule has 8 heteroatoms. The smallest absolute Gasteiger partial charge is 0.346 e. The Hall–Kier alpha value is -1.31. The summed E-state index contributed by atoms with van der Waals surface area (Å²) in [6.07, 6.45) is -3.31. The number of carbonyl (C=O) groups is 2. The van der Waals surface area contributed by atoms with E-state index in [1.165, 1.54) is 0 Å². The first-order chi connectivity index (χ1) is 9.58. The summed E-state index contributed by atoms with van der Waals surface area (Å²) >= 11 is 0. The van der Waals surface area contributed by atoms with E-state index in [9.17, 15) is 22.8 Å². The fraction of sp³-hybridized carbons (Fsp3) is 0.846. The van der Waals surface area contributed by atoms with Gasteiger partial charge in [0.05, 0.1) is 12.6 Å². The zero-order chi connectivity index (χ0) is 16.6. The van der Waals surface area contributed by atoms with E-state index in [0.717, 1.165) is 0 Å². The third kappa shape index (κ3) is 8.54. The van der Waals surface area contributed by atoms with Crippen LogP contribution in [0.3, 0.4) is 0 Å². The van der Waals surface area contributed by atoms with Crippen LogP contribution in [0.4, 0.5) is 13.2 Å². The van der Waals surface area contributed by atoms with Crippen molar-refractivity contribution < 1.29 is 22.8 Å². The number of nitrogens with zero attached hydrogens (tertiary/aromatic N) is 1. The molecule has 3 N–H and O–H groups in total. The van der Waals surface area contributed by atoms with E-state index in [2.05, 4.69) is 5.32 Å². The molecule has 0 saturated carbocycles. The SMILES string of the molecule is CCCCN(CC(F)(F)F)C(=O)CNC(=O)[C@@H](N)C(C)C. The van der Waals surface area contributed by atoms with Crippen molar-refractivity contribution in [3.63, 3.8) is 0 Å². The third-order valence-corrected chi connectivity index (χ3v) is 2.94. The monoisotopic (exact) mass is 311 g/mol. The molecule has 124 valence electrons. The lowest BCUT2D eigenvalue weighted by Crippen LogP contribution is -2.49. The zero-order valence-electron chi connectivity index (χ0n) is 12.7. The number of rotatable bonds is 8. The number of halogens is 3. The minimum absolute atomic E-state index is 0.0148. The summed E-state index contributed by atoms with van der Waals surface area (Å²) in [6, 6.07) is -0.787. The molecular weight excluding hydrogens is 287 g/mol. The molecule has 0 fully saturated rings. The second kappa shape index (κ2) is 8.86. The maximum absolute atomic E-state index is 12.4. The van der Waals surface area contributed by atoms with E-state index in [1.807, 2.05) is 6.92 Å². The van der Waals surface area contributed by atoms with Crippen molar-refractivity contribution >= 4 is 11.8 Å². The van der Waals surface area contributed by atoms with Crippen molar-refractivity contribution in [3.8, 4) is 0 Å².